The maximum atomic E-state index is 12.2. The number of anilines is 3. The highest BCUT2D eigenvalue weighted by atomic mass is 32.1. The Labute approximate surface area is 262 Å². The zero-order chi connectivity index (χ0) is 31.2. The first kappa shape index (κ1) is 30.1. The SMILES string of the molecule is C=CC(=O)N1CCN(c2cc(-c3noc(C4(C)CCCc5sc(N)c(C#N)c54)n3)nc(N3CCN(C(C)C)C(C)C3)c2)CC1. The lowest BCUT2D eigenvalue weighted by molar-refractivity contribution is -0.126. The summed E-state index contributed by atoms with van der Waals surface area (Å²) < 4.78 is 5.97. The Morgan fingerprint density at radius 1 is 1.20 bits per heavy atom. The largest absolute Gasteiger partial charge is 0.389 e. The molecule has 0 spiro atoms. The summed E-state index contributed by atoms with van der Waals surface area (Å²) in [7, 11) is 0. The molecule has 2 aliphatic heterocycles. The molecule has 5 heterocycles. The van der Waals surface area contributed by atoms with Crippen LogP contribution in [0, 0.1) is 11.3 Å². The second kappa shape index (κ2) is 11.9. The van der Waals surface area contributed by atoms with E-state index in [9.17, 15) is 10.1 Å². The first-order valence-electron chi connectivity index (χ1n) is 15.5. The fourth-order valence-corrected chi connectivity index (χ4v) is 8.27. The van der Waals surface area contributed by atoms with Crippen LogP contribution in [0.1, 0.15) is 62.4 Å². The highest BCUT2D eigenvalue weighted by Gasteiger charge is 2.43. The molecule has 3 aromatic heterocycles. The van der Waals surface area contributed by atoms with Gasteiger partial charge in [0.15, 0.2) is 0 Å². The van der Waals surface area contributed by atoms with Gasteiger partial charge in [0.1, 0.15) is 22.6 Å². The molecule has 1 amide bonds. The van der Waals surface area contributed by atoms with Gasteiger partial charge in [0, 0.05) is 80.1 Å². The molecule has 11 nitrogen and oxygen atoms in total. The number of carbonyl (C=O) groups is 1. The van der Waals surface area contributed by atoms with Crippen molar-refractivity contribution in [1.29, 1.82) is 5.26 Å². The van der Waals surface area contributed by atoms with E-state index in [1.807, 2.05) is 11.0 Å². The van der Waals surface area contributed by atoms with E-state index in [1.54, 1.807) is 0 Å². The number of nitriles is 1. The number of aromatic nitrogens is 3. The quantitative estimate of drug-likeness (QED) is 0.405. The van der Waals surface area contributed by atoms with Gasteiger partial charge in [-0.3, -0.25) is 9.69 Å². The predicted molar refractivity (Wildman–Crippen MR) is 173 cm³/mol. The average molecular weight is 616 g/mol. The standard InChI is InChI=1S/C32H41N9O2S/c1-6-27(42)39-12-10-38(11-13-39)22-16-24(35-26(17-22)40-14-15-41(20(2)3)21(4)19-40)30-36-31(43-37-30)32(5)9-7-8-25-28(32)23(18-33)29(34)44-25/h6,16-17,20-21H,1,7-15,19,34H2,2-5H3. The number of nitrogens with zero attached hydrogens (tertiary/aromatic N) is 8. The maximum absolute atomic E-state index is 12.2. The van der Waals surface area contributed by atoms with Crippen LogP contribution < -0.4 is 15.5 Å². The van der Waals surface area contributed by atoms with E-state index in [-0.39, 0.29) is 5.91 Å². The van der Waals surface area contributed by atoms with Crippen LogP contribution in [0.15, 0.2) is 29.3 Å². The fraction of sp³-hybridized carbons (Fsp3) is 0.531. The van der Waals surface area contributed by atoms with Gasteiger partial charge in [-0.25, -0.2) is 4.98 Å². The van der Waals surface area contributed by atoms with Crippen molar-refractivity contribution in [3.05, 3.63) is 46.7 Å². The van der Waals surface area contributed by atoms with Crippen molar-refractivity contribution in [3.8, 4) is 17.6 Å². The Morgan fingerprint density at radius 3 is 2.64 bits per heavy atom. The average Bonchev–Trinajstić information content (AvgIpc) is 3.66. The van der Waals surface area contributed by atoms with Crippen LogP contribution in [0.2, 0.25) is 0 Å². The number of piperazine rings is 2. The molecule has 2 atom stereocenters. The molecule has 2 N–H and O–H groups in total. The molecule has 2 unspecified atom stereocenters. The summed E-state index contributed by atoms with van der Waals surface area (Å²) in [6.07, 6.45) is 4.01. The smallest absolute Gasteiger partial charge is 0.246 e. The lowest BCUT2D eigenvalue weighted by Gasteiger charge is -2.43. The number of nitrogen functional groups attached to an aromatic ring is 1. The number of fused-ring (bicyclic) bond motifs is 1. The molecule has 0 saturated carbocycles. The second-order valence-corrected chi connectivity index (χ2v) is 13.7. The van der Waals surface area contributed by atoms with Gasteiger partial charge in [-0.05, 0) is 59.1 Å². The molecule has 44 heavy (non-hydrogen) atoms. The van der Waals surface area contributed by atoms with Gasteiger partial charge in [0.2, 0.25) is 17.6 Å². The summed E-state index contributed by atoms with van der Waals surface area (Å²) in [6, 6.07) is 7.36. The van der Waals surface area contributed by atoms with Crippen molar-refractivity contribution < 1.29 is 9.32 Å². The fourth-order valence-electron chi connectivity index (χ4n) is 7.08. The second-order valence-electron chi connectivity index (χ2n) is 12.6. The van der Waals surface area contributed by atoms with Crippen LogP contribution in [-0.4, -0.2) is 88.7 Å². The van der Waals surface area contributed by atoms with Gasteiger partial charge in [-0.15, -0.1) is 11.3 Å². The van der Waals surface area contributed by atoms with Gasteiger partial charge < -0.3 is 25.0 Å². The molecular formula is C32H41N9O2S. The minimum atomic E-state index is -0.602. The summed E-state index contributed by atoms with van der Waals surface area (Å²) in [5.74, 6) is 1.75. The summed E-state index contributed by atoms with van der Waals surface area (Å²) in [5, 5.41) is 14.9. The first-order chi connectivity index (χ1) is 21.1. The summed E-state index contributed by atoms with van der Waals surface area (Å²) in [6.45, 7) is 17.8. The minimum Gasteiger partial charge on any atom is -0.389 e. The number of carbonyl (C=O) groups excluding carboxylic acids is 1. The van der Waals surface area contributed by atoms with Crippen molar-refractivity contribution in [3.63, 3.8) is 0 Å². The lowest BCUT2D eigenvalue weighted by Crippen LogP contribution is -2.54. The monoisotopic (exact) mass is 615 g/mol. The number of aryl methyl sites for hydroxylation is 1. The highest BCUT2D eigenvalue weighted by Crippen LogP contribution is 2.48. The number of amides is 1. The Kier molecular flexibility index (Phi) is 8.11. The zero-order valence-corrected chi connectivity index (χ0v) is 26.9. The number of hydrogen-bond acceptors (Lipinski definition) is 11. The summed E-state index contributed by atoms with van der Waals surface area (Å²) in [5.41, 5.74) is 8.76. The van der Waals surface area contributed by atoms with E-state index in [2.05, 4.69) is 66.3 Å². The van der Waals surface area contributed by atoms with Crippen molar-refractivity contribution in [2.45, 2.75) is 64.5 Å². The van der Waals surface area contributed by atoms with Crippen LogP contribution in [0.4, 0.5) is 16.5 Å². The van der Waals surface area contributed by atoms with Crippen LogP contribution in [0.5, 0.6) is 0 Å². The van der Waals surface area contributed by atoms with E-state index in [1.165, 1.54) is 17.4 Å². The minimum absolute atomic E-state index is 0.0385. The van der Waals surface area contributed by atoms with E-state index < -0.39 is 5.41 Å². The summed E-state index contributed by atoms with van der Waals surface area (Å²) in [4.78, 5) is 32.3. The van der Waals surface area contributed by atoms with Crippen LogP contribution in [-0.2, 0) is 16.6 Å². The highest BCUT2D eigenvalue weighted by molar-refractivity contribution is 7.16. The van der Waals surface area contributed by atoms with E-state index in [0.29, 0.717) is 66.2 Å². The number of pyridine rings is 1. The van der Waals surface area contributed by atoms with E-state index in [0.717, 1.165) is 60.8 Å². The van der Waals surface area contributed by atoms with Crippen LogP contribution in [0.25, 0.3) is 11.5 Å². The van der Waals surface area contributed by atoms with Gasteiger partial charge in [-0.1, -0.05) is 11.7 Å². The number of thiophene rings is 1. The Morgan fingerprint density at radius 2 is 1.95 bits per heavy atom. The van der Waals surface area contributed by atoms with Crippen molar-refractivity contribution in [2.24, 2.45) is 0 Å². The van der Waals surface area contributed by atoms with Crippen molar-refractivity contribution in [2.75, 3.05) is 61.3 Å². The molecule has 232 valence electrons. The summed E-state index contributed by atoms with van der Waals surface area (Å²) >= 11 is 1.49. The third-order valence-corrected chi connectivity index (χ3v) is 10.6. The molecule has 0 radical (unpaired) electrons. The lowest BCUT2D eigenvalue weighted by atomic mass is 9.72. The van der Waals surface area contributed by atoms with Crippen molar-refractivity contribution in [1.82, 2.24) is 24.9 Å². The predicted octanol–water partition coefficient (Wildman–Crippen LogP) is 4.04. The third-order valence-electron chi connectivity index (χ3n) is 9.47. The Hall–Kier alpha value is -3.95. The normalized spacial score (nSPS) is 22.6. The number of nitrogens with two attached hydrogens (primary N) is 1. The van der Waals surface area contributed by atoms with Gasteiger partial charge >= 0.3 is 0 Å². The zero-order valence-electron chi connectivity index (χ0n) is 26.0. The Bertz CT molecular complexity index is 1600. The molecule has 2 saturated heterocycles. The molecule has 3 aliphatic rings. The van der Waals surface area contributed by atoms with Crippen LogP contribution in [0.3, 0.4) is 0 Å². The molecule has 2 fully saturated rings. The molecule has 6 rings (SSSR count). The molecular weight excluding hydrogens is 574 g/mol. The van der Waals surface area contributed by atoms with Gasteiger partial charge in [0.25, 0.3) is 0 Å². The van der Waals surface area contributed by atoms with Gasteiger partial charge in [0.05, 0.1) is 11.0 Å². The molecule has 3 aromatic rings. The first-order valence-corrected chi connectivity index (χ1v) is 16.3. The van der Waals surface area contributed by atoms with Crippen LogP contribution >= 0.6 is 11.3 Å². The maximum Gasteiger partial charge on any atom is 0.246 e. The molecule has 12 heteroatoms. The van der Waals surface area contributed by atoms with E-state index >= 15 is 0 Å². The topological polar surface area (TPSA) is 132 Å². The molecule has 0 bridgehead atoms. The number of hydrogen-bond donors (Lipinski definition) is 1. The van der Waals surface area contributed by atoms with Crippen molar-refractivity contribution >= 4 is 33.8 Å². The molecule has 1 aliphatic carbocycles. The Balaban J connectivity index is 1.36. The number of rotatable bonds is 6. The third kappa shape index (κ3) is 5.32. The molecule has 0 aromatic carbocycles. The van der Waals surface area contributed by atoms with E-state index in [4.69, 9.17) is 20.2 Å². The van der Waals surface area contributed by atoms with Gasteiger partial charge in [-0.2, -0.15) is 10.2 Å².